The third-order valence-corrected chi connectivity index (χ3v) is 6.50. The van der Waals surface area contributed by atoms with Gasteiger partial charge in [0.25, 0.3) is 0 Å². The molecule has 9 heteroatoms. The van der Waals surface area contributed by atoms with Gasteiger partial charge in [0.2, 0.25) is 0 Å². The molecule has 0 aromatic carbocycles. The van der Waals surface area contributed by atoms with E-state index in [0.29, 0.717) is 19.1 Å². The minimum absolute atomic E-state index is 0.0197. The van der Waals surface area contributed by atoms with E-state index in [0.717, 1.165) is 58.8 Å². The molecule has 3 heterocycles. The Morgan fingerprint density at radius 2 is 1.66 bits per heavy atom. The topological polar surface area (TPSA) is 79.8 Å². The molecule has 3 saturated heterocycles. The Morgan fingerprint density at radius 1 is 1.03 bits per heavy atom. The zero-order valence-corrected chi connectivity index (χ0v) is 18.1. The first-order valence-electron chi connectivity index (χ1n) is 11.0. The van der Waals surface area contributed by atoms with Crippen molar-refractivity contribution in [2.24, 2.45) is 0 Å². The van der Waals surface area contributed by atoms with Crippen LogP contribution in [-0.4, -0.2) is 132 Å². The van der Waals surface area contributed by atoms with E-state index in [9.17, 15) is 9.59 Å². The lowest BCUT2D eigenvalue weighted by Crippen LogP contribution is -2.54. The number of hydrogen-bond acceptors (Lipinski definition) is 7. The van der Waals surface area contributed by atoms with E-state index >= 15 is 0 Å². The number of hydrogen-bond donors (Lipinski definition) is 1. The number of ether oxygens (including phenoxy) is 1. The molecular weight excluding hydrogens is 374 g/mol. The molecule has 0 aromatic heterocycles. The van der Waals surface area contributed by atoms with Crippen molar-refractivity contribution in [3.63, 3.8) is 0 Å². The average Bonchev–Trinajstić information content (AvgIpc) is 2.97. The normalized spacial score (nSPS) is 28.3. The zero-order valence-electron chi connectivity index (χ0n) is 18.1. The number of piperazine rings is 2. The van der Waals surface area contributed by atoms with Crippen molar-refractivity contribution >= 4 is 12.1 Å². The summed E-state index contributed by atoms with van der Waals surface area (Å²) in [7, 11) is 0. The molecule has 2 unspecified atom stereocenters. The molecule has 9 nitrogen and oxygen atoms in total. The Labute approximate surface area is 174 Å². The number of carbonyl (C=O) groups excluding carboxylic acids is 1. The lowest BCUT2D eigenvalue weighted by atomic mass is 10.2. The molecule has 0 aromatic rings. The Hall–Kier alpha value is -1.42. The molecule has 0 bridgehead atoms. The maximum atomic E-state index is 12.4. The summed E-state index contributed by atoms with van der Waals surface area (Å²) in [5, 5.41) is 8.93. The number of nitrogens with zero attached hydrogens (tertiary/aromatic N) is 5. The van der Waals surface area contributed by atoms with Crippen LogP contribution in [-0.2, 0) is 9.53 Å². The van der Waals surface area contributed by atoms with Crippen LogP contribution >= 0.6 is 0 Å². The predicted octanol–water partition coefficient (Wildman–Crippen LogP) is 0.272. The number of amides is 1. The third kappa shape index (κ3) is 5.81. The van der Waals surface area contributed by atoms with E-state index in [-0.39, 0.29) is 24.9 Å². The van der Waals surface area contributed by atoms with Gasteiger partial charge in [-0.05, 0) is 33.7 Å². The van der Waals surface area contributed by atoms with Crippen LogP contribution in [0.3, 0.4) is 0 Å². The molecule has 3 rings (SSSR count). The predicted molar refractivity (Wildman–Crippen MR) is 110 cm³/mol. The summed E-state index contributed by atoms with van der Waals surface area (Å²) >= 11 is 0. The van der Waals surface area contributed by atoms with Crippen molar-refractivity contribution in [3.05, 3.63) is 0 Å². The van der Waals surface area contributed by atoms with Gasteiger partial charge >= 0.3 is 12.1 Å². The number of aliphatic carboxylic acids is 1. The average molecular weight is 412 g/mol. The molecule has 0 spiro atoms. The van der Waals surface area contributed by atoms with Gasteiger partial charge < -0.3 is 19.6 Å². The number of carboxylic acids is 1. The molecular formula is C20H37N5O4. The van der Waals surface area contributed by atoms with Gasteiger partial charge in [-0.1, -0.05) is 0 Å². The number of cyclic esters (lactones) is 1. The van der Waals surface area contributed by atoms with Crippen LogP contribution in [0.5, 0.6) is 0 Å². The van der Waals surface area contributed by atoms with Crippen molar-refractivity contribution in [1.29, 1.82) is 0 Å². The first-order chi connectivity index (χ1) is 13.8. The molecule has 29 heavy (non-hydrogen) atoms. The second kappa shape index (κ2) is 10.1. The molecule has 0 saturated carbocycles. The Morgan fingerprint density at radius 3 is 2.24 bits per heavy atom. The van der Waals surface area contributed by atoms with E-state index in [1.807, 2.05) is 9.80 Å². The lowest BCUT2D eigenvalue weighted by Gasteiger charge is -2.38. The molecule has 0 radical (unpaired) electrons. The maximum absolute atomic E-state index is 12.4. The summed E-state index contributed by atoms with van der Waals surface area (Å²) in [6, 6.07) is 0.631. The molecule has 3 fully saturated rings. The highest BCUT2D eigenvalue weighted by molar-refractivity contribution is 5.70. The van der Waals surface area contributed by atoms with Gasteiger partial charge in [-0.15, -0.1) is 0 Å². The zero-order chi connectivity index (χ0) is 21.0. The lowest BCUT2D eigenvalue weighted by molar-refractivity contribution is -0.139. The monoisotopic (exact) mass is 411 g/mol. The number of carbonyl (C=O) groups is 2. The number of rotatable bonds is 8. The van der Waals surface area contributed by atoms with Crippen molar-refractivity contribution < 1.29 is 19.4 Å². The summed E-state index contributed by atoms with van der Waals surface area (Å²) in [4.78, 5) is 34.2. The van der Waals surface area contributed by atoms with Crippen LogP contribution in [0.15, 0.2) is 0 Å². The summed E-state index contributed by atoms with van der Waals surface area (Å²) in [5.41, 5.74) is 0. The Balaban J connectivity index is 1.39. The fraction of sp³-hybridized carbons (Fsp3) is 0.900. The highest BCUT2D eigenvalue weighted by atomic mass is 16.6. The van der Waals surface area contributed by atoms with Crippen molar-refractivity contribution in [3.8, 4) is 0 Å². The van der Waals surface area contributed by atoms with Crippen LogP contribution in [0.1, 0.15) is 27.2 Å². The van der Waals surface area contributed by atoms with Crippen molar-refractivity contribution in [2.75, 3.05) is 72.0 Å². The Bertz CT molecular complexity index is 559. The van der Waals surface area contributed by atoms with Gasteiger partial charge in [0.1, 0.15) is 0 Å². The summed E-state index contributed by atoms with van der Waals surface area (Å²) in [6.45, 7) is 15.6. The second-order valence-corrected chi connectivity index (χ2v) is 8.74. The fourth-order valence-electron chi connectivity index (χ4n) is 4.60. The summed E-state index contributed by atoms with van der Waals surface area (Å²) < 4.78 is 5.68. The first-order valence-corrected chi connectivity index (χ1v) is 11.0. The first kappa shape index (κ1) is 22.3. The van der Waals surface area contributed by atoms with Crippen molar-refractivity contribution in [1.82, 2.24) is 24.5 Å². The summed E-state index contributed by atoms with van der Waals surface area (Å²) in [5.74, 6) is -0.795. The SMILES string of the molecule is CC(C)N1CCN(CCCN2C(=O)OC(N3CCN(CC(=O)O)CC3)C2C)CC1. The molecule has 0 aliphatic carbocycles. The molecule has 3 aliphatic rings. The third-order valence-electron chi connectivity index (χ3n) is 6.50. The minimum Gasteiger partial charge on any atom is -0.480 e. The van der Waals surface area contributed by atoms with Gasteiger partial charge in [0, 0.05) is 64.9 Å². The van der Waals surface area contributed by atoms with Gasteiger partial charge in [-0.25, -0.2) is 4.79 Å². The van der Waals surface area contributed by atoms with Crippen LogP contribution in [0, 0.1) is 0 Å². The smallest absolute Gasteiger partial charge is 0.411 e. The van der Waals surface area contributed by atoms with E-state index in [1.54, 1.807) is 0 Å². The molecule has 3 aliphatic heterocycles. The van der Waals surface area contributed by atoms with Crippen LogP contribution < -0.4 is 0 Å². The van der Waals surface area contributed by atoms with Gasteiger partial charge in [0.15, 0.2) is 6.23 Å². The van der Waals surface area contributed by atoms with E-state index < -0.39 is 5.97 Å². The van der Waals surface area contributed by atoms with Gasteiger partial charge in [-0.3, -0.25) is 19.5 Å². The summed E-state index contributed by atoms with van der Waals surface area (Å²) in [6.07, 6.45) is 0.504. The minimum atomic E-state index is -0.795. The number of carboxylic acid groups (broad SMARTS) is 1. The van der Waals surface area contributed by atoms with Gasteiger partial charge in [0.05, 0.1) is 12.6 Å². The standard InChI is InChI=1S/C20H37N5O4/c1-16(2)23-11-7-21(8-12-23)5-4-6-25-17(3)19(29-20(25)28)24-13-9-22(10-14-24)15-18(26)27/h16-17,19H,4-15H2,1-3H3,(H,26,27). The molecule has 1 N–H and O–H groups in total. The van der Waals surface area contributed by atoms with Crippen LogP contribution in [0.4, 0.5) is 4.79 Å². The molecule has 166 valence electrons. The van der Waals surface area contributed by atoms with Crippen molar-refractivity contribution in [2.45, 2.75) is 45.5 Å². The fourth-order valence-corrected chi connectivity index (χ4v) is 4.60. The largest absolute Gasteiger partial charge is 0.480 e. The highest BCUT2D eigenvalue weighted by Crippen LogP contribution is 2.23. The molecule has 2 atom stereocenters. The highest BCUT2D eigenvalue weighted by Gasteiger charge is 2.42. The maximum Gasteiger partial charge on any atom is 0.411 e. The van der Waals surface area contributed by atoms with E-state index in [4.69, 9.17) is 9.84 Å². The van der Waals surface area contributed by atoms with Crippen LogP contribution in [0.2, 0.25) is 0 Å². The second-order valence-electron chi connectivity index (χ2n) is 8.74. The quantitative estimate of drug-likeness (QED) is 0.610. The van der Waals surface area contributed by atoms with Gasteiger partial charge in [-0.2, -0.15) is 0 Å². The van der Waals surface area contributed by atoms with E-state index in [2.05, 4.69) is 35.5 Å². The van der Waals surface area contributed by atoms with E-state index in [1.165, 1.54) is 0 Å². The Kier molecular flexibility index (Phi) is 7.72. The molecule has 1 amide bonds. The van der Waals surface area contributed by atoms with Crippen LogP contribution in [0.25, 0.3) is 0 Å².